The van der Waals surface area contributed by atoms with E-state index in [0.29, 0.717) is 6.04 Å². The zero-order chi connectivity index (χ0) is 9.80. The van der Waals surface area contributed by atoms with E-state index in [2.05, 4.69) is 35.6 Å². The number of nitrogens with one attached hydrogen (secondary N) is 1. The van der Waals surface area contributed by atoms with Crippen LogP contribution in [0.5, 0.6) is 0 Å². The molecule has 0 bridgehead atoms. The van der Waals surface area contributed by atoms with Gasteiger partial charge < -0.3 is 10.1 Å². The minimum atomic E-state index is 0.674. The SMILES string of the molecule is COCCN[C@H]1CC1c1ccccc1. The van der Waals surface area contributed by atoms with Crippen molar-refractivity contribution < 1.29 is 4.74 Å². The molecule has 2 rings (SSSR count). The van der Waals surface area contributed by atoms with Crippen molar-refractivity contribution in [2.24, 2.45) is 0 Å². The predicted molar refractivity (Wildman–Crippen MR) is 57.5 cm³/mol. The van der Waals surface area contributed by atoms with Crippen LogP contribution < -0.4 is 5.32 Å². The Kier molecular flexibility index (Phi) is 3.17. The molecule has 1 fully saturated rings. The lowest BCUT2D eigenvalue weighted by molar-refractivity contribution is 0.199. The van der Waals surface area contributed by atoms with Gasteiger partial charge in [-0.05, 0) is 12.0 Å². The summed E-state index contributed by atoms with van der Waals surface area (Å²) in [5.74, 6) is 0.730. The Labute approximate surface area is 85.3 Å². The molecule has 1 aromatic carbocycles. The van der Waals surface area contributed by atoms with Crippen LogP contribution in [0.1, 0.15) is 17.9 Å². The van der Waals surface area contributed by atoms with Gasteiger partial charge in [0.05, 0.1) is 6.61 Å². The Morgan fingerprint density at radius 3 is 2.86 bits per heavy atom. The molecule has 2 nitrogen and oxygen atoms in total. The third-order valence-corrected chi connectivity index (χ3v) is 2.73. The quantitative estimate of drug-likeness (QED) is 0.716. The third kappa shape index (κ3) is 2.34. The van der Waals surface area contributed by atoms with Crippen LogP contribution in [-0.4, -0.2) is 26.3 Å². The van der Waals surface area contributed by atoms with Crippen molar-refractivity contribution in [1.82, 2.24) is 5.32 Å². The molecular formula is C12H17NO. The smallest absolute Gasteiger partial charge is 0.0587 e. The lowest BCUT2D eigenvalue weighted by Crippen LogP contribution is -2.22. The van der Waals surface area contributed by atoms with Gasteiger partial charge in [0.2, 0.25) is 0 Å². The molecule has 0 radical (unpaired) electrons. The molecule has 76 valence electrons. The second-order valence-corrected chi connectivity index (χ2v) is 3.81. The minimum Gasteiger partial charge on any atom is -0.383 e. The summed E-state index contributed by atoms with van der Waals surface area (Å²) in [4.78, 5) is 0. The Balaban J connectivity index is 1.76. The van der Waals surface area contributed by atoms with Gasteiger partial charge in [0.25, 0.3) is 0 Å². The van der Waals surface area contributed by atoms with E-state index in [9.17, 15) is 0 Å². The van der Waals surface area contributed by atoms with Crippen LogP contribution in [0.15, 0.2) is 30.3 Å². The highest BCUT2D eigenvalue weighted by Gasteiger charge is 2.37. The molecule has 1 unspecified atom stereocenters. The molecule has 0 amide bonds. The topological polar surface area (TPSA) is 21.3 Å². The van der Waals surface area contributed by atoms with Crippen LogP contribution in [0.3, 0.4) is 0 Å². The average Bonchev–Trinajstić information content (AvgIpc) is 2.99. The van der Waals surface area contributed by atoms with Crippen molar-refractivity contribution in [2.45, 2.75) is 18.4 Å². The summed E-state index contributed by atoms with van der Waals surface area (Å²) < 4.78 is 5.00. The largest absolute Gasteiger partial charge is 0.383 e. The Bertz CT molecular complexity index is 273. The highest BCUT2D eigenvalue weighted by molar-refractivity contribution is 5.27. The van der Waals surface area contributed by atoms with Crippen molar-refractivity contribution >= 4 is 0 Å². The number of methoxy groups -OCH3 is 1. The third-order valence-electron chi connectivity index (χ3n) is 2.73. The lowest BCUT2D eigenvalue weighted by Gasteiger charge is -2.02. The van der Waals surface area contributed by atoms with Gasteiger partial charge in [-0.3, -0.25) is 0 Å². The van der Waals surface area contributed by atoms with E-state index in [0.717, 1.165) is 19.1 Å². The Hall–Kier alpha value is -0.860. The first-order valence-electron chi connectivity index (χ1n) is 5.19. The molecule has 14 heavy (non-hydrogen) atoms. The standard InChI is InChI=1S/C12H17NO/c1-14-8-7-13-12-9-11(12)10-5-3-2-4-6-10/h2-6,11-13H,7-9H2,1H3/t11?,12-/m0/s1. The predicted octanol–water partition coefficient (Wildman–Crippen LogP) is 1.78. The minimum absolute atomic E-state index is 0.674. The van der Waals surface area contributed by atoms with Gasteiger partial charge >= 0.3 is 0 Å². The van der Waals surface area contributed by atoms with Gasteiger partial charge in [0, 0.05) is 25.6 Å². The van der Waals surface area contributed by atoms with E-state index in [1.807, 2.05) is 0 Å². The van der Waals surface area contributed by atoms with E-state index < -0.39 is 0 Å². The summed E-state index contributed by atoms with van der Waals surface area (Å²) in [7, 11) is 1.74. The molecule has 1 aromatic rings. The summed E-state index contributed by atoms with van der Waals surface area (Å²) in [5, 5.41) is 3.48. The van der Waals surface area contributed by atoms with Gasteiger partial charge in [-0.1, -0.05) is 30.3 Å². The first-order valence-corrected chi connectivity index (χ1v) is 5.19. The highest BCUT2D eigenvalue weighted by atomic mass is 16.5. The molecule has 2 atom stereocenters. The molecule has 0 aliphatic heterocycles. The Morgan fingerprint density at radius 1 is 1.36 bits per heavy atom. The van der Waals surface area contributed by atoms with Crippen molar-refractivity contribution in [3.05, 3.63) is 35.9 Å². The maximum Gasteiger partial charge on any atom is 0.0587 e. The van der Waals surface area contributed by atoms with Crippen molar-refractivity contribution in [1.29, 1.82) is 0 Å². The van der Waals surface area contributed by atoms with E-state index in [-0.39, 0.29) is 0 Å². The van der Waals surface area contributed by atoms with E-state index in [1.165, 1.54) is 12.0 Å². The van der Waals surface area contributed by atoms with Crippen molar-refractivity contribution in [3.8, 4) is 0 Å². The first-order chi connectivity index (χ1) is 6.92. The van der Waals surface area contributed by atoms with Crippen LogP contribution in [-0.2, 0) is 4.74 Å². The number of benzene rings is 1. The van der Waals surface area contributed by atoms with Gasteiger partial charge in [0.1, 0.15) is 0 Å². The summed E-state index contributed by atoms with van der Waals surface area (Å²) in [6.07, 6.45) is 1.27. The fourth-order valence-electron chi connectivity index (χ4n) is 1.84. The molecule has 1 aliphatic carbocycles. The van der Waals surface area contributed by atoms with E-state index in [1.54, 1.807) is 7.11 Å². The maximum atomic E-state index is 5.00. The zero-order valence-corrected chi connectivity index (χ0v) is 8.57. The van der Waals surface area contributed by atoms with E-state index in [4.69, 9.17) is 4.74 Å². The van der Waals surface area contributed by atoms with Crippen LogP contribution in [0, 0.1) is 0 Å². The normalized spacial score (nSPS) is 24.9. The molecule has 2 heteroatoms. The maximum absolute atomic E-state index is 5.00. The fraction of sp³-hybridized carbons (Fsp3) is 0.500. The Morgan fingerprint density at radius 2 is 2.14 bits per heavy atom. The molecule has 1 saturated carbocycles. The molecule has 1 N–H and O–H groups in total. The molecule has 0 spiro atoms. The van der Waals surface area contributed by atoms with Gasteiger partial charge in [-0.2, -0.15) is 0 Å². The van der Waals surface area contributed by atoms with Gasteiger partial charge in [-0.25, -0.2) is 0 Å². The summed E-state index contributed by atoms with van der Waals surface area (Å²) in [6, 6.07) is 11.4. The molecule has 0 aromatic heterocycles. The fourth-order valence-corrected chi connectivity index (χ4v) is 1.84. The van der Waals surface area contributed by atoms with Gasteiger partial charge in [-0.15, -0.1) is 0 Å². The van der Waals surface area contributed by atoms with Gasteiger partial charge in [0.15, 0.2) is 0 Å². The number of ether oxygens (including phenoxy) is 1. The molecule has 0 heterocycles. The molecular weight excluding hydrogens is 174 g/mol. The van der Waals surface area contributed by atoms with E-state index >= 15 is 0 Å². The summed E-state index contributed by atoms with van der Waals surface area (Å²) >= 11 is 0. The second kappa shape index (κ2) is 4.58. The van der Waals surface area contributed by atoms with Crippen molar-refractivity contribution in [2.75, 3.05) is 20.3 Å². The van der Waals surface area contributed by atoms with Crippen LogP contribution in [0.2, 0.25) is 0 Å². The molecule has 1 aliphatic rings. The zero-order valence-electron chi connectivity index (χ0n) is 8.57. The monoisotopic (exact) mass is 191 g/mol. The average molecular weight is 191 g/mol. The lowest BCUT2D eigenvalue weighted by atomic mass is 10.1. The van der Waals surface area contributed by atoms with Crippen LogP contribution in [0.25, 0.3) is 0 Å². The second-order valence-electron chi connectivity index (χ2n) is 3.81. The van der Waals surface area contributed by atoms with Crippen LogP contribution in [0.4, 0.5) is 0 Å². The number of rotatable bonds is 5. The molecule has 0 saturated heterocycles. The van der Waals surface area contributed by atoms with Crippen molar-refractivity contribution in [3.63, 3.8) is 0 Å². The summed E-state index contributed by atoms with van der Waals surface area (Å²) in [6.45, 7) is 1.77. The number of hydrogen-bond donors (Lipinski definition) is 1. The van der Waals surface area contributed by atoms with Crippen LogP contribution >= 0.6 is 0 Å². The number of hydrogen-bond acceptors (Lipinski definition) is 2. The summed E-state index contributed by atoms with van der Waals surface area (Å²) in [5.41, 5.74) is 1.46. The first kappa shape index (κ1) is 9.69. The highest BCUT2D eigenvalue weighted by Crippen LogP contribution is 2.40.